The summed E-state index contributed by atoms with van der Waals surface area (Å²) in [7, 11) is 0. The van der Waals surface area contributed by atoms with Gasteiger partial charge in [0.05, 0.1) is 12.0 Å². The Kier molecular flexibility index (Phi) is 3.23. The van der Waals surface area contributed by atoms with E-state index in [0.717, 1.165) is 49.0 Å². The average molecular weight is 433 g/mol. The molecule has 0 fully saturated rings. The maximum atomic E-state index is 12.5. The van der Waals surface area contributed by atoms with Gasteiger partial charge >= 0.3 is 5.63 Å². The molecule has 5 nitrogen and oxygen atoms in total. The highest BCUT2D eigenvalue weighted by Gasteiger charge is 2.28. The molecular weight excluding hydrogens is 417 g/mol. The molecule has 0 saturated carbocycles. The fourth-order valence-corrected chi connectivity index (χ4v) is 4.80. The zero-order valence-electron chi connectivity index (χ0n) is 13.1. The van der Waals surface area contributed by atoms with Gasteiger partial charge in [-0.25, -0.2) is 9.78 Å². The normalized spacial score (nSPS) is 16.5. The summed E-state index contributed by atoms with van der Waals surface area (Å²) in [6.45, 7) is 2.21. The third-order valence-corrected chi connectivity index (χ3v) is 6.02. The molecule has 0 radical (unpaired) electrons. The molecule has 6 heteroatoms. The predicted molar refractivity (Wildman–Crippen MR) is 101 cm³/mol. The van der Waals surface area contributed by atoms with Gasteiger partial charge in [-0.2, -0.15) is 0 Å². The van der Waals surface area contributed by atoms with Crippen molar-refractivity contribution in [1.29, 1.82) is 0 Å². The van der Waals surface area contributed by atoms with Gasteiger partial charge in [0.1, 0.15) is 9.15 Å². The molecule has 0 aliphatic carbocycles. The second-order valence-electron chi connectivity index (χ2n) is 6.46. The number of rotatable bonds is 1. The van der Waals surface area contributed by atoms with E-state index in [1.54, 1.807) is 12.5 Å². The maximum Gasteiger partial charge on any atom is 0.351 e. The van der Waals surface area contributed by atoms with Gasteiger partial charge in [0.25, 0.3) is 0 Å². The SMILES string of the molecule is O=c1oc2c3c4c(cc2c(-n2ccnc2)c1I)CCCN4CCC3. The number of halogens is 1. The van der Waals surface area contributed by atoms with Crippen LogP contribution in [-0.4, -0.2) is 22.6 Å². The number of hydrogen-bond acceptors (Lipinski definition) is 4. The molecule has 4 heterocycles. The van der Waals surface area contributed by atoms with Crippen molar-refractivity contribution in [2.45, 2.75) is 25.7 Å². The number of benzene rings is 1. The molecule has 2 aromatic heterocycles. The van der Waals surface area contributed by atoms with Crippen LogP contribution < -0.4 is 10.5 Å². The Hall–Kier alpha value is -1.83. The van der Waals surface area contributed by atoms with Crippen LogP contribution in [0.2, 0.25) is 0 Å². The molecule has 2 aliphatic heterocycles. The number of nitrogens with zero attached hydrogens (tertiary/aromatic N) is 3. The number of anilines is 1. The van der Waals surface area contributed by atoms with E-state index in [0.29, 0.717) is 3.57 Å². The van der Waals surface area contributed by atoms with Crippen molar-refractivity contribution in [3.63, 3.8) is 0 Å². The van der Waals surface area contributed by atoms with Crippen LogP contribution in [0, 0.1) is 3.57 Å². The average Bonchev–Trinajstić information content (AvgIpc) is 3.11. The fourth-order valence-electron chi connectivity index (χ4n) is 4.12. The number of fused-ring (bicyclic) bond motifs is 2. The Morgan fingerprint density at radius 2 is 2.00 bits per heavy atom. The Morgan fingerprint density at radius 3 is 2.79 bits per heavy atom. The second kappa shape index (κ2) is 5.34. The minimum absolute atomic E-state index is 0.268. The summed E-state index contributed by atoms with van der Waals surface area (Å²) in [5, 5.41) is 1.02. The molecule has 0 amide bonds. The topological polar surface area (TPSA) is 51.3 Å². The Morgan fingerprint density at radius 1 is 1.17 bits per heavy atom. The minimum Gasteiger partial charge on any atom is -0.421 e. The van der Waals surface area contributed by atoms with E-state index in [1.165, 1.54) is 23.2 Å². The lowest BCUT2D eigenvalue weighted by Gasteiger charge is -2.37. The first kappa shape index (κ1) is 14.5. The van der Waals surface area contributed by atoms with E-state index in [2.05, 4.69) is 38.5 Å². The maximum absolute atomic E-state index is 12.5. The zero-order chi connectivity index (χ0) is 16.3. The molecule has 122 valence electrons. The molecule has 0 spiro atoms. The van der Waals surface area contributed by atoms with Crippen molar-refractivity contribution >= 4 is 39.2 Å². The standard InChI is InChI=1S/C18H16IN3O2/c19-14-16(22-8-5-20-10-22)13-9-11-3-1-6-21-7-2-4-12(15(11)21)17(13)24-18(14)23/h5,8-10H,1-4,6-7H2. The quantitative estimate of drug-likeness (QED) is 0.437. The molecule has 1 aromatic carbocycles. The summed E-state index contributed by atoms with van der Waals surface area (Å²) >= 11 is 2.09. The molecule has 0 saturated heterocycles. The van der Waals surface area contributed by atoms with Crippen molar-refractivity contribution in [3.05, 3.63) is 49.9 Å². The lowest BCUT2D eigenvalue weighted by Crippen LogP contribution is -2.34. The molecule has 0 bridgehead atoms. The van der Waals surface area contributed by atoms with E-state index in [1.807, 2.05) is 10.8 Å². The first-order valence-corrected chi connectivity index (χ1v) is 9.36. The van der Waals surface area contributed by atoms with Crippen molar-refractivity contribution in [2.75, 3.05) is 18.0 Å². The van der Waals surface area contributed by atoms with Crippen LogP contribution in [0.1, 0.15) is 24.0 Å². The summed E-state index contributed by atoms with van der Waals surface area (Å²) < 4.78 is 8.30. The Bertz CT molecular complexity index is 1010. The van der Waals surface area contributed by atoms with Crippen LogP contribution >= 0.6 is 22.6 Å². The van der Waals surface area contributed by atoms with Gasteiger partial charge in [-0.1, -0.05) is 0 Å². The highest BCUT2D eigenvalue weighted by molar-refractivity contribution is 14.1. The first-order chi connectivity index (χ1) is 11.7. The summed E-state index contributed by atoms with van der Waals surface area (Å²) in [6.07, 6.45) is 9.73. The third kappa shape index (κ3) is 1.98. The molecule has 2 aliphatic rings. The van der Waals surface area contributed by atoms with E-state index in [4.69, 9.17) is 4.42 Å². The van der Waals surface area contributed by atoms with Gasteiger partial charge in [0.2, 0.25) is 0 Å². The second-order valence-corrected chi connectivity index (χ2v) is 7.53. The van der Waals surface area contributed by atoms with Crippen LogP contribution in [0.25, 0.3) is 16.7 Å². The largest absolute Gasteiger partial charge is 0.421 e. The molecular formula is C18H16IN3O2. The Labute approximate surface area is 152 Å². The van der Waals surface area contributed by atoms with Crippen LogP contribution in [0.3, 0.4) is 0 Å². The third-order valence-electron chi connectivity index (χ3n) is 5.07. The van der Waals surface area contributed by atoms with E-state index in [9.17, 15) is 4.79 Å². The summed E-state index contributed by atoms with van der Waals surface area (Å²) in [6, 6.07) is 2.23. The number of aryl methyl sites for hydroxylation is 2. The Balaban J connectivity index is 1.94. The van der Waals surface area contributed by atoms with Gasteiger partial charge in [-0.05, 0) is 59.9 Å². The van der Waals surface area contributed by atoms with Crippen molar-refractivity contribution in [1.82, 2.24) is 9.55 Å². The van der Waals surface area contributed by atoms with Crippen LogP contribution in [-0.2, 0) is 12.8 Å². The van der Waals surface area contributed by atoms with Crippen molar-refractivity contribution in [3.8, 4) is 5.69 Å². The van der Waals surface area contributed by atoms with Crippen molar-refractivity contribution in [2.24, 2.45) is 0 Å². The first-order valence-electron chi connectivity index (χ1n) is 8.28. The van der Waals surface area contributed by atoms with E-state index < -0.39 is 0 Å². The molecule has 0 N–H and O–H groups in total. The van der Waals surface area contributed by atoms with E-state index >= 15 is 0 Å². The highest BCUT2D eigenvalue weighted by atomic mass is 127. The summed E-state index contributed by atoms with van der Waals surface area (Å²) in [4.78, 5) is 19.1. The molecule has 3 aromatic rings. The lowest BCUT2D eigenvalue weighted by atomic mass is 9.90. The predicted octanol–water partition coefficient (Wildman–Crippen LogP) is 3.28. The number of aromatic nitrogens is 2. The monoisotopic (exact) mass is 433 g/mol. The zero-order valence-corrected chi connectivity index (χ0v) is 15.2. The van der Waals surface area contributed by atoms with Gasteiger partial charge in [0.15, 0.2) is 0 Å². The van der Waals surface area contributed by atoms with E-state index in [-0.39, 0.29) is 5.63 Å². The number of hydrogen-bond donors (Lipinski definition) is 0. The van der Waals surface area contributed by atoms with Crippen LogP contribution in [0.4, 0.5) is 5.69 Å². The smallest absolute Gasteiger partial charge is 0.351 e. The molecule has 24 heavy (non-hydrogen) atoms. The number of imidazole rings is 1. The lowest BCUT2D eigenvalue weighted by molar-refractivity contribution is 0.544. The molecule has 0 unspecified atom stereocenters. The van der Waals surface area contributed by atoms with Gasteiger partial charge < -0.3 is 13.9 Å². The van der Waals surface area contributed by atoms with Crippen molar-refractivity contribution < 1.29 is 4.42 Å². The van der Waals surface area contributed by atoms with Gasteiger partial charge in [-0.3, -0.25) is 0 Å². The van der Waals surface area contributed by atoms with Gasteiger partial charge in [0, 0.05) is 42.1 Å². The summed E-state index contributed by atoms with van der Waals surface area (Å²) in [5.41, 5.74) is 5.30. The highest BCUT2D eigenvalue weighted by Crippen LogP contribution is 2.41. The van der Waals surface area contributed by atoms with Crippen LogP contribution in [0.15, 0.2) is 34.0 Å². The fraction of sp³-hybridized carbons (Fsp3) is 0.333. The minimum atomic E-state index is -0.268. The molecule has 5 rings (SSSR count). The summed E-state index contributed by atoms with van der Waals surface area (Å²) in [5.74, 6) is 0. The molecule has 0 atom stereocenters. The van der Waals surface area contributed by atoms with Crippen LogP contribution in [0.5, 0.6) is 0 Å². The van der Waals surface area contributed by atoms with Gasteiger partial charge in [-0.15, -0.1) is 0 Å².